The summed E-state index contributed by atoms with van der Waals surface area (Å²) in [6.45, 7) is 9.41. The van der Waals surface area contributed by atoms with E-state index < -0.39 is 5.60 Å². The van der Waals surface area contributed by atoms with Gasteiger partial charge in [-0.25, -0.2) is 4.99 Å². The lowest BCUT2D eigenvalue weighted by atomic mass is 10.00. The Kier molecular flexibility index (Phi) is 5.84. The summed E-state index contributed by atoms with van der Waals surface area (Å²) in [5.41, 5.74) is 2.95. The van der Waals surface area contributed by atoms with Crippen molar-refractivity contribution in [3.05, 3.63) is 34.9 Å². The predicted molar refractivity (Wildman–Crippen MR) is 98.3 cm³/mol. The summed E-state index contributed by atoms with van der Waals surface area (Å²) in [5, 5.41) is 25.6. The number of aliphatic hydroxyl groups is 1. The molecule has 0 aromatic carbocycles. The molecule has 8 nitrogen and oxygen atoms in total. The van der Waals surface area contributed by atoms with Crippen LogP contribution < -0.4 is 10.6 Å². The minimum atomic E-state index is -1.04. The fraction of sp³-hybridized carbons (Fsp3) is 0.588. The SMILES string of the molecule is CCNC(=NCc1c(C)nn(C)c1C)NCC(C)(O)c1cnn(C)c1. The summed E-state index contributed by atoms with van der Waals surface area (Å²) < 4.78 is 3.55. The van der Waals surface area contributed by atoms with Gasteiger partial charge < -0.3 is 15.7 Å². The number of nitrogens with one attached hydrogen (secondary N) is 2. The van der Waals surface area contributed by atoms with Crippen molar-refractivity contribution in [1.82, 2.24) is 30.2 Å². The third-order valence-corrected chi connectivity index (χ3v) is 4.33. The van der Waals surface area contributed by atoms with Crippen LogP contribution in [0, 0.1) is 13.8 Å². The van der Waals surface area contributed by atoms with Crippen molar-refractivity contribution in [1.29, 1.82) is 0 Å². The van der Waals surface area contributed by atoms with Gasteiger partial charge in [-0.2, -0.15) is 10.2 Å². The van der Waals surface area contributed by atoms with Crippen LogP contribution in [0.1, 0.15) is 36.4 Å². The highest BCUT2D eigenvalue weighted by Crippen LogP contribution is 2.18. The number of aromatic nitrogens is 4. The first-order chi connectivity index (χ1) is 11.7. The lowest BCUT2D eigenvalue weighted by molar-refractivity contribution is 0.0616. The molecular formula is C17H29N7O. The van der Waals surface area contributed by atoms with E-state index in [9.17, 15) is 5.11 Å². The molecule has 2 rings (SSSR count). The van der Waals surface area contributed by atoms with Gasteiger partial charge in [-0.3, -0.25) is 9.36 Å². The molecule has 2 heterocycles. The normalized spacial score (nSPS) is 14.4. The van der Waals surface area contributed by atoms with E-state index in [0.29, 0.717) is 19.0 Å². The molecule has 0 aliphatic heterocycles. The van der Waals surface area contributed by atoms with Crippen molar-refractivity contribution >= 4 is 5.96 Å². The van der Waals surface area contributed by atoms with Gasteiger partial charge in [0, 0.05) is 43.7 Å². The second-order valence-corrected chi connectivity index (χ2v) is 6.50. The number of nitrogens with zero attached hydrogens (tertiary/aromatic N) is 5. The third kappa shape index (κ3) is 4.60. The first-order valence-electron chi connectivity index (χ1n) is 8.47. The van der Waals surface area contributed by atoms with E-state index in [4.69, 9.17) is 0 Å². The zero-order valence-electron chi connectivity index (χ0n) is 16.0. The highest BCUT2D eigenvalue weighted by atomic mass is 16.3. The molecule has 0 saturated heterocycles. The van der Waals surface area contributed by atoms with Gasteiger partial charge in [-0.05, 0) is 27.7 Å². The highest BCUT2D eigenvalue weighted by molar-refractivity contribution is 5.79. The summed E-state index contributed by atoms with van der Waals surface area (Å²) in [4.78, 5) is 4.63. The van der Waals surface area contributed by atoms with Crippen molar-refractivity contribution in [2.45, 2.75) is 39.8 Å². The molecule has 0 fully saturated rings. The van der Waals surface area contributed by atoms with Crippen LogP contribution in [0.5, 0.6) is 0 Å². The van der Waals surface area contributed by atoms with Crippen LogP contribution in [0.2, 0.25) is 0 Å². The molecule has 0 saturated carbocycles. The molecule has 0 aliphatic carbocycles. The smallest absolute Gasteiger partial charge is 0.191 e. The summed E-state index contributed by atoms with van der Waals surface area (Å²) in [5.74, 6) is 0.661. The molecule has 1 atom stereocenters. The minimum absolute atomic E-state index is 0.329. The van der Waals surface area contributed by atoms with Crippen LogP contribution in [0.3, 0.4) is 0 Å². The van der Waals surface area contributed by atoms with Crippen LogP contribution in [0.4, 0.5) is 0 Å². The van der Waals surface area contributed by atoms with Crippen molar-refractivity contribution in [2.24, 2.45) is 19.1 Å². The van der Waals surface area contributed by atoms with Gasteiger partial charge in [0.25, 0.3) is 0 Å². The van der Waals surface area contributed by atoms with E-state index in [-0.39, 0.29) is 0 Å². The van der Waals surface area contributed by atoms with Crippen molar-refractivity contribution in [2.75, 3.05) is 13.1 Å². The summed E-state index contributed by atoms with van der Waals surface area (Å²) in [7, 11) is 3.77. The number of aryl methyl sites for hydroxylation is 3. The minimum Gasteiger partial charge on any atom is -0.383 e. The molecule has 2 aromatic rings. The molecule has 25 heavy (non-hydrogen) atoms. The second kappa shape index (κ2) is 7.69. The van der Waals surface area contributed by atoms with Crippen LogP contribution in [-0.2, 0) is 26.2 Å². The molecule has 8 heteroatoms. The third-order valence-electron chi connectivity index (χ3n) is 4.33. The monoisotopic (exact) mass is 347 g/mol. The lowest BCUT2D eigenvalue weighted by Crippen LogP contribution is -2.44. The predicted octanol–water partition coefficient (Wildman–Crippen LogP) is 0.733. The van der Waals surface area contributed by atoms with E-state index in [1.165, 1.54) is 0 Å². The van der Waals surface area contributed by atoms with E-state index in [0.717, 1.165) is 29.1 Å². The van der Waals surface area contributed by atoms with E-state index >= 15 is 0 Å². The van der Waals surface area contributed by atoms with Crippen LogP contribution in [0.15, 0.2) is 17.4 Å². The van der Waals surface area contributed by atoms with Gasteiger partial charge in [0.15, 0.2) is 5.96 Å². The average molecular weight is 347 g/mol. The summed E-state index contributed by atoms with van der Waals surface area (Å²) in [6.07, 6.45) is 3.49. The van der Waals surface area contributed by atoms with E-state index in [1.807, 2.05) is 45.7 Å². The molecule has 0 spiro atoms. The summed E-state index contributed by atoms with van der Waals surface area (Å²) in [6, 6.07) is 0. The highest BCUT2D eigenvalue weighted by Gasteiger charge is 2.25. The molecule has 138 valence electrons. The summed E-state index contributed by atoms with van der Waals surface area (Å²) >= 11 is 0. The number of guanidine groups is 1. The molecule has 3 N–H and O–H groups in total. The molecule has 0 radical (unpaired) electrons. The number of hydrogen-bond donors (Lipinski definition) is 3. The average Bonchev–Trinajstić information content (AvgIpc) is 3.08. The molecule has 1 unspecified atom stereocenters. The van der Waals surface area contributed by atoms with Crippen LogP contribution in [0.25, 0.3) is 0 Å². The zero-order chi connectivity index (χ0) is 18.6. The Morgan fingerprint density at radius 1 is 1.32 bits per heavy atom. The Balaban J connectivity index is 2.07. The van der Waals surface area contributed by atoms with Gasteiger partial charge in [-0.1, -0.05) is 0 Å². The quantitative estimate of drug-likeness (QED) is 0.529. The Morgan fingerprint density at radius 3 is 2.56 bits per heavy atom. The lowest BCUT2D eigenvalue weighted by Gasteiger charge is -2.23. The fourth-order valence-electron chi connectivity index (χ4n) is 2.60. The Hall–Kier alpha value is -2.35. The van der Waals surface area contributed by atoms with Crippen molar-refractivity contribution in [3.63, 3.8) is 0 Å². The van der Waals surface area contributed by atoms with Crippen molar-refractivity contribution < 1.29 is 5.11 Å². The largest absolute Gasteiger partial charge is 0.383 e. The van der Waals surface area contributed by atoms with E-state index in [2.05, 4.69) is 25.8 Å². The maximum Gasteiger partial charge on any atom is 0.191 e. The van der Waals surface area contributed by atoms with Crippen molar-refractivity contribution in [3.8, 4) is 0 Å². The number of aliphatic imine (C=N–C) groups is 1. The first-order valence-corrected chi connectivity index (χ1v) is 8.47. The van der Waals surface area contributed by atoms with Gasteiger partial charge in [0.05, 0.1) is 25.0 Å². The zero-order valence-corrected chi connectivity index (χ0v) is 16.0. The Bertz CT molecular complexity index is 742. The van der Waals surface area contributed by atoms with Gasteiger partial charge in [0.2, 0.25) is 0 Å². The van der Waals surface area contributed by atoms with Crippen LogP contribution in [-0.4, -0.2) is 43.7 Å². The van der Waals surface area contributed by atoms with Gasteiger partial charge in [0.1, 0.15) is 5.60 Å². The van der Waals surface area contributed by atoms with Gasteiger partial charge in [-0.15, -0.1) is 0 Å². The number of hydrogen-bond acceptors (Lipinski definition) is 4. The number of rotatable bonds is 6. The van der Waals surface area contributed by atoms with E-state index in [1.54, 1.807) is 17.8 Å². The first kappa shape index (κ1) is 19.0. The second-order valence-electron chi connectivity index (χ2n) is 6.50. The topological polar surface area (TPSA) is 92.3 Å². The molecule has 0 aliphatic rings. The molecule has 0 bridgehead atoms. The standard InChI is InChI=1S/C17H29N7O/c1-7-18-16(19-9-15-12(2)22-24(6)13(15)3)20-11-17(4,25)14-8-21-23(5)10-14/h8,10,25H,7,9,11H2,1-6H3,(H2,18,19,20). The van der Waals surface area contributed by atoms with Crippen LogP contribution >= 0.6 is 0 Å². The molecule has 0 amide bonds. The maximum atomic E-state index is 10.7. The fourth-order valence-corrected chi connectivity index (χ4v) is 2.60. The molecule has 2 aromatic heterocycles. The molecular weight excluding hydrogens is 318 g/mol. The van der Waals surface area contributed by atoms with Gasteiger partial charge >= 0.3 is 0 Å². The maximum absolute atomic E-state index is 10.7. The Labute approximate surface area is 149 Å². The Morgan fingerprint density at radius 2 is 2.04 bits per heavy atom.